The first-order chi connectivity index (χ1) is 10.2. The molecule has 21 heavy (non-hydrogen) atoms. The molecule has 2 aromatic rings. The number of amides is 1. The number of rotatable bonds is 3. The average molecular weight is 304 g/mol. The maximum Gasteiger partial charge on any atom is 0.268 e. The third-order valence-electron chi connectivity index (χ3n) is 3.77. The summed E-state index contributed by atoms with van der Waals surface area (Å²) in [6.45, 7) is 4.50. The van der Waals surface area contributed by atoms with Gasteiger partial charge >= 0.3 is 0 Å². The van der Waals surface area contributed by atoms with E-state index in [9.17, 15) is 4.79 Å². The third-order valence-corrected chi connectivity index (χ3v) is 5.01. The normalized spacial score (nSPS) is 14.6. The van der Waals surface area contributed by atoms with Crippen molar-refractivity contribution in [3.63, 3.8) is 0 Å². The first-order valence-electron chi connectivity index (χ1n) is 7.51. The number of thiophene rings is 1. The standard InChI is InChI=1S/C15H20N4OS/c1-3-19-15(16-10(2)18-19)17-14(20)13-9-11-7-5-4-6-8-12(11)21-13/h9H,3-8H2,1-2H3,(H,16,17,18,20). The lowest BCUT2D eigenvalue weighted by molar-refractivity contribution is 0.102. The summed E-state index contributed by atoms with van der Waals surface area (Å²) in [6.07, 6.45) is 5.97. The summed E-state index contributed by atoms with van der Waals surface area (Å²) >= 11 is 1.63. The molecule has 0 bridgehead atoms. The summed E-state index contributed by atoms with van der Waals surface area (Å²) in [6, 6.07) is 2.06. The number of anilines is 1. The van der Waals surface area contributed by atoms with Gasteiger partial charge < -0.3 is 0 Å². The molecular formula is C15H20N4OS. The third kappa shape index (κ3) is 3.00. The highest BCUT2D eigenvalue weighted by Crippen LogP contribution is 2.29. The van der Waals surface area contributed by atoms with Crippen LogP contribution in [0.3, 0.4) is 0 Å². The largest absolute Gasteiger partial charge is 0.290 e. The molecule has 1 amide bonds. The van der Waals surface area contributed by atoms with Crippen molar-refractivity contribution in [2.75, 3.05) is 5.32 Å². The fourth-order valence-electron chi connectivity index (χ4n) is 2.71. The number of nitrogens with one attached hydrogen (secondary N) is 1. The molecule has 1 aliphatic rings. The molecule has 2 heterocycles. The molecule has 0 unspecified atom stereocenters. The molecule has 0 saturated heterocycles. The van der Waals surface area contributed by atoms with Crippen molar-refractivity contribution in [3.8, 4) is 0 Å². The molecule has 0 spiro atoms. The first kappa shape index (κ1) is 14.3. The van der Waals surface area contributed by atoms with E-state index in [1.54, 1.807) is 16.0 Å². The van der Waals surface area contributed by atoms with Crippen LogP contribution >= 0.6 is 11.3 Å². The van der Waals surface area contributed by atoms with Crippen molar-refractivity contribution in [1.29, 1.82) is 0 Å². The van der Waals surface area contributed by atoms with Crippen LogP contribution in [0.5, 0.6) is 0 Å². The molecule has 0 fully saturated rings. The Morgan fingerprint density at radius 2 is 2.19 bits per heavy atom. The van der Waals surface area contributed by atoms with Crippen LogP contribution < -0.4 is 5.32 Å². The Hall–Kier alpha value is -1.69. The van der Waals surface area contributed by atoms with Gasteiger partial charge in [-0.05, 0) is 51.2 Å². The molecule has 6 heteroatoms. The van der Waals surface area contributed by atoms with Crippen LogP contribution in [0, 0.1) is 6.92 Å². The van der Waals surface area contributed by atoms with Crippen LogP contribution in [0.1, 0.15) is 52.1 Å². The van der Waals surface area contributed by atoms with E-state index in [1.807, 2.05) is 13.8 Å². The number of nitrogens with zero attached hydrogens (tertiary/aromatic N) is 3. The van der Waals surface area contributed by atoms with Crippen molar-refractivity contribution >= 4 is 23.2 Å². The van der Waals surface area contributed by atoms with E-state index >= 15 is 0 Å². The van der Waals surface area contributed by atoms with Gasteiger partial charge in [0.2, 0.25) is 5.95 Å². The Morgan fingerprint density at radius 1 is 1.38 bits per heavy atom. The molecule has 0 radical (unpaired) electrons. The maximum absolute atomic E-state index is 12.4. The molecule has 112 valence electrons. The molecule has 2 aromatic heterocycles. The summed E-state index contributed by atoms with van der Waals surface area (Å²) in [7, 11) is 0. The second-order valence-corrected chi connectivity index (χ2v) is 6.51. The molecule has 0 atom stereocenters. The summed E-state index contributed by atoms with van der Waals surface area (Å²) in [5.41, 5.74) is 1.36. The van der Waals surface area contributed by atoms with Crippen molar-refractivity contribution in [2.24, 2.45) is 0 Å². The number of hydrogen-bond acceptors (Lipinski definition) is 4. The molecule has 0 saturated carbocycles. The van der Waals surface area contributed by atoms with Crippen LogP contribution in [0.15, 0.2) is 6.07 Å². The number of carbonyl (C=O) groups is 1. The lowest BCUT2D eigenvalue weighted by Crippen LogP contribution is -2.15. The number of hydrogen-bond donors (Lipinski definition) is 1. The smallest absolute Gasteiger partial charge is 0.268 e. The molecule has 1 aliphatic carbocycles. The van der Waals surface area contributed by atoms with Gasteiger partial charge in [0.1, 0.15) is 5.82 Å². The fraction of sp³-hybridized carbons (Fsp3) is 0.533. The highest BCUT2D eigenvalue weighted by molar-refractivity contribution is 7.14. The molecule has 3 rings (SSSR count). The second kappa shape index (κ2) is 5.97. The first-order valence-corrected chi connectivity index (χ1v) is 8.33. The summed E-state index contributed by atoms with van der Waals surface area (Å²) in [5.74, 6) is 1.13. The molecule has 5 nitrogen and oxygen atoms in total. The zero-order valence-electron chi connectivity index (χ0n) is 12.5. The zero-order chi connectivity index (χ0) is 14.8. The molecule has 0 aromatic carbocycles. The lowest BCUT2D eigenvalue weighted by Gasteiger charge is -2.03. The maximum atomic E-state index is 12.4. The number of carbonyl (C=O) groups excluding carboxylic acids is 1. The fourth-order valence-corrected chi connectivity index (χ4v) is 3.86. The Morgan fingerprint density at radius 3 is 3.00 bits per heavy atom. The monoisotopic (exact) mass is 304 g/mol. The minimum absolute atomic E-state index is 0.0739. The molecule has 1 N–H and O–H groups in total. The van der Waals surface area contributed by atoms with E-state index in [0.717, 1.165) is 17.7 Å². The van der Waals surface area contributed by atoms with E-state index in [1.165, 1.54) is 29.7 Å². The lowest BCUT2D eigenvalue weighted by atomic mass is 10.1. The van der Waals surface area contributed by atoms with Gasteiger partial charge in [-0.2, -0.15) is 10.1 Å². The number of aromatic nitrogens is 3. The quantitative estimate of drug-likeness (QED) is 0.886. The highest BCUT2D eigenvalue weighted by Gasteiger charge is 2.18. The van der Waals surface area contributed by atoms with Gasteiger partial charge in [-0.3, -0.25) is 10.1 Å². The topological polar surface area (TPSA) is 59.8 Å². The van der Waals surface area contributed by atoms with Crippen molar-refractivity contribution in [2.45, 2.75) is 52.5 Å². The van der Waals surface area contributed by atoms with E-state index in [-0.39, 0.29) is 5.91 Å². The van der Waals surface area contributed by atoms with Gasteiger partial charge in [0, 0.05) is 11.4 Å². The molecule has 0 aliphatic heterocycles. The van der Waals surface area contributed by atoms with Gasteiger partial charge in [0.15, 0.2) is 0 Å². The van der Waals surface area contributed by atoms with Crippen molar-refractivity contribution in [1.82, 2.24) is 14.8 Å². The van der Waals surface area contributed by atoms with E-state index < -0.39 is 0 Å². The minimum atomic E-state index is -0.0739. The van der Waals surface area contributed by atoms with Gasteiger partial charge in [0.25, 0.3) is 5.91 Å². The summed E-state index contributed by atoms with van der Waals surface area (Å²) in [4.78, 5) is 18.8. The van der Waals surface area contributed by atoms with Gasteiger partial charge in [-0.1, -0.05) is 6.42 Å². The highest BCUT2D eigenvalue weighted by atomic mass is 32.1. The Labute approximate surface area is 128 Å². The Balaban J connectivity index is 1.79. The Kier molecular flexibility index (Phi) is 4.05. The van der Waals surface area contributed by atoms with Crippen LogP contribution in [0.25, 0.3) is 0 Å². The van der Waals surface area contributed by atoms with Gasteiger partial charge in [-0.15, -0.1) is 11.3 Å². The summed E-state index contributed by atoms with van der Waals surface area (Å²) < 4.78 is 1.71. The minimum Gasteiger partial charge on any atom is -0.290 e. The SMILES string of the molecule is CCn1nc(C)nc1NC(=O)c1cc2c(s1)CCCCC2. The van der Waals surface area contributed by atoms with Crippen molar-refractivity contribution in [3.05, 3.63) is 27.2 Å². The number of fused-ring (bicyclic) bond motifs is 1. The van der Waals surface area contributed by atoms with Crippen LogP contribution in [0.4, 0.5) is 5.95 Å². The Bertz CT molecular complexity index is 635. The predicted molar refractivity (Wildman–Crippen MR) is 84.0 cm³/mol. The zero-order valence-corrected chi connectivity index (χ0v) is 13.3. The van der Waals surface area contributed by atoms with Crippen LogP contribution in [-0.4, -0.2) is 20.7 Å². The van der Waals surface area contributed by atoms with Crippen molar-refractivity contribution < 1.29 is 4.79 Å². The van der Waals surface area contributed by atoms with Crippen LogP contribution in [0.2, 0.25) is 0 Å². The van der Waals surface area contributed by atoms with Crippen LogP contribution in [-0.2, 0) is 19.4 Å². The van der Waals surface area contributed by atoms with E-state index in [2.05, 4.69) is 21.5 Å². The summed E-state index contributed by atoms with van der Waals surface area (Å²) in [5, 5.41) is 7.13. The van der Waals surface area contributed by atoms with Gasteiger partial charge in [0.05, 0.1) is 4.88 Å². The molecular weight excluding hydrogens is 284 g/mol. The average Bonchev–Trinajstić information content (AvgIpc) is 2.96. The van der Waals surface area contributed by atoms with E-state index in [4.69, 9.17) is 0 Å². The number of aryl methyl sites for hydroxylation is 4. The predicted octanol–water partition coefficient (Wildman–Crippen LogP) is 3.19. The van der Waals surface area contributed by atoms with Gasteiger partial charge in [-0.25, -0.2) is 4.68 Å². The second-order valence-electron chi connectivity index (χ2n) is 5.37. The van der Waals surface area contributed by atoms with E-state index in [0.29, 0.717) is 18.3 Å².